The Labute approximate surface area is 154 Å². The molecule has 7 heteroatoms. The summed E-state index contributed by atoms with van der Waals surface area (Å²) in [6.45, 7) is 5.90. The van der Waals surface area contributed by atoms with Gasteiger partial charge >= 0.3 is 0 Å². The molecule has 0 radical (unpaired) electrons. The number of hydrogen-bond acceptors (Lipinski definition) is 6. The maximum Gasteiger partial charge on any atom is 0.256 e. The number of anilines is 1. The van der Waals surface area contributed by atoms with Gasteiger partial charge in [-0.3, -0.25) is 4.79 Å². The summed E-state index contributed by atoms with van der Waals surface area (Å²) in [5.41, 5.74) is 1.61. The topological polar surface area (TPSA) is 76.6 Å². The first-order chi connectivity index (χ1) is 12.6. The zero-order valence-electron chi connectivity index (χ0n) is 15.8. The van der Waals surface area contributed by atoms with Crippen LogP contribution in [-0.2, 0) is 6.42 Å². The third kappa shape index (κ3) is 4.84. The fourth-order valence-corrected chi connectivity index (χ4v) is 2.58. The first-order valence-corrected chi connectivity index (χ1v) is 8.69. The molecule has 0 spiro atoms. The van der Waals surface area contributed by atoms with Crippen molar-refractivity contribution in [1.82, 2.24) is 14.9 Å². The van der Waals surface area contributed by atoms with Gasteiger partial charge in [0.2, 0.25) is 5.95 Å². The number of methoxy groups -OCH3 is 2. The molecule has 0 unspecified atom stereocenters. The lowest BCUT2D eigenvalue weighted by molar-refractivity contribution is 0.0772. The van der Waals surface area contributed by atoms with Gasteiger partial charge in [-0.1, -0.05) is 6.07 Å². The quantitative estimate of drug-likeness (QED) is 0.743. The number of hydrogen-bond donors (Lipinski definition) is 1. The molecule has 0 aliphatic rings. The Morgan fingerprint density at radius 2 is 1.73 bits per heavy atom. The van der Waals surface area contributed by atoms with E-state index in [1.54, 1.807) is 31.5 Å². The van der Waals surface area contributed by atoms with E-state index in [1.807, 2.05) is 32.0 Å². The maximum absolute atomic E-state index is 12.2. The molecule has 0 saturated heterocycles. The minimum atomic E-state index is -0.0492. The van der Waals surface area contributed by atoms with Crippen molar-refractivity contribution in [2.45, 2.75) is 20.3 Å². The smallest absolute Gasteiger partial charge is 0.256 e. The first-order valence-electron chi connectivity index (χ1n) is 8.69. The van der Waals surface area contributed by atoms with Gasteiger partial charge < -0.3 is 19.7 Å². The highest BCUT2D eigenvalue weighted by atomic mass is 16.5. The van der Waals surface area contributed by atoms with Gasteiger partial charge in [0.1, 0.15) is 0 Å². The summed E-state index contributed by atoms with van der Waals surface area (Å²) in [5, 5.41) is 3.16. The van der Waals surface area contributed by atoms with Gasteiger partial charge in [-0.15, -0.1) is 0 Å². The zero-order chi connectivity index (χ0) is 18.9. The molecule has 7 nitrogen and oxygen atoms in total. The molecule has 1 aromatic heterocycles. The van der Waals surface area contributed by atoms with E-state index in [9.17, 15) is 4.79 Å². The molecule has 0 saturated carbocycles. The van der Waals surface area contributed by atoms with E-state index < -0.39 is 0 Å². The second kappa shape index (κ2) is 9.60. The van der Waals surface area contributed by atoms with Crippen molar-refractivity contribution in [1.29, 1.82) is 0 Å². The Morgan fingerprint density at radius 3 is 2.31 bits per heavy atom. The van der Waals surface area contributed by atoms with Crippen LogP contribution in [0.4, 0.5) is 5.95 Å². The molecule has 1 aromatic carbocycles. The fourth-order valence-electron chi connectivity index (χ4n) is 2.58. The standard InChI is InChI=1S/C19H26N4O3/c1-5-23(6-2)18(24)15-12-21-19(22-13-15)20-10-9-14-7-8-16(25-3)17(11-14)26-4/h7-8,11-13H,5-6,9-10H2,1-4H3,(H,20,21,22). The number of carbonyl (C=O) groups is 1. The number of rotatable bonds is 9. The molecule has 0 fully saturated rings. The summed E-state index contributed by atoms with van der Waals surface area (Å²) in [4.78, 5) is 22.4. The van der Waals surface area contributed by atoms with Gasteiger partial charge in [-0.25, -0.2) is 9.97 Å². The summed E-state index contributed by atoms with van der Waals surface area (Å²) >= 11 is 0. The maximum atomic E-state index is 12.2. The predicted molar refractivity (Wildman–Crippen MR) is 101 cm³/mol. The second-order valence-corrected chi connectivity index (χ2v) is 5.64. The average Bonchev–Trinajstić information content (AvgIpc) is 2.69. The summed E-state index contributed by atoms with van der Waals surface area (Å²) in [7, 11) is 3.24. The number of amides is 1. The van der Waals surface area contributed by atoms with E-state index >= 15 is 0 Å². The van der Waals surface area contributed by atoms with Crippen LogP contribution in [-0.4, -0.2) is 54.6 Å². The molecule has 1 amide bonds. The molecule has 2 aromatic rings. The lowest BCUT2D eigenvalue weighted by Gasteiger charge is -2.18. The third-order valence-corrected chi connectivity index (χ3v) is 4.09. The number of nitrogens with one attached hydrogen (secondary N) is 1. The van der Waals surface area contributed by atoms with Crippen LogP contribution in [0.3, 0.4) is 0 Å². The van der Waals surface area contributed by atoms with Crippen LogP contribution >= 0.6 is 0 Å². The molecule has 0 aliphatic heterocycles. The van der Waals surface area contributed by atoms with Crippen molar-refractivity contribution in [2.24, 2.45) is 0 Å². The van der Waals surface area contributed by atoms with E-state index in [-0.39, 0.29) is 5.91 Å². The van der Waals surface area contributed by atoms with Gasteiger partial charge in [-0.05, 0) is 38.0 Å². The van der Waals surface area contributed by atoms with Gasteiger partial charge in [0.15, 0.2) is 11.5 Å². The third-order valence-electron chi connectivity index (χ3n) is 4.09. The first kappa shape index (κ1) is 19.5. The van der Waals surface area contributed by atoms with Gasteiger partial charge in [-0.2, -0.15) is 0 Å². The number of ether oxygens (including phenoxy) is 2. The average molecular weight is 358 g/mol. The highest BCUT2D eigenvalue weighted by molar-refractivity contribution is 5.93. The molecule has 2 rings (SSSR count). The van der Waals surface area contributed by atoms with Crippen LogP contribution in [0.2, 0.25) is 0 Å². The van der Waals surface area contributed by atoms with Crippen molar-refractivity contribution in [2.75, 3.05) is 39.2 Å². The molecular weight excluding hydrogens is 332 g/mol. The number of carbonyl (C=O) groups excluding carboxylic acids is 1. The second-order valence-electron chi connectivity index (χ2n) is 5.64. The fraction of sp³-hybridized carbons (Fsp3) is 0.421. The number of benzene rings is 1. The Hall–Kier alpha value is -2.83. The zero-order valence-corrected chi connectivity index (χ0v) is 15.8. The van der Waals surface area contributed by atoms with Crippen LogP contribution in [0.1, 0.15) is 29.8 Å². The van der Waals surface area contributed by atoms with E-state index in [4.69, 9.17) is 9.47 Å². The molecule has 1 N–H and O–H groups in total. The summed E-state index contributed by atoms with van der Waals surface area (Å²) in [5.74, 6) is 1.87. The predicted octanol–water partition coefficient (Wildman–Crippen LogP) is 2.63. The summed E-state index contributed by atoms with van der Waals surface area (Å²) < 4.78 is 10.5. The normalized spacial score (nSPS) is 10.3. The van der Waals surface area contributed by atoms with E-state index in [0.717, 1.165) is 12.0 Å². The molecule has 0 bridgehead atoms. The Bertz CT molecular complexity index is 715. The molecule has 0 atom stereocenters. The van der Waals surface area contributed by atoms with Gasteiger partial charge in [0.25, 0.3) is 5.91 Å². The van der Waals surface area contributed by atoms with Crippen molar-refractivity contribution >= 4 is 11.9 Å². The molecular formula is C19H26N4O3. The largest absolute Gasteiger partial charge is 0.493 e. The molecule has 26 heavy (non-hydrogen) atoms. The Morgan fingerprint density at radius 1 is 1.08 bits per heavy atom. The molecule has 1 heterocycles. The minimum Gasteiger partial charge on any atom is -0.493 e. The highest BCUT2D eigenvalue weighted by Gasteiger charge is 2.13. The van der Waals surface area contributed by atoms with Gasteiger partial charge in [0.05, 0.1) is 19.8 Å². The van der Waals surface area contributed by atoms with Crippen molar-refractivity contribution < 1.29 is 14.3 Å². The van der Waals surface area contributed by atoms with Crippen LogP contribution in [0.5, 0.6) is 11.5 Å². The van der Waals surface area contributed by atoms with E-state index in [1.165, 1.54) is 0 Å². The summed E-state index contributed by atoms with van der Waals surface area (Å²) in [6, 6.07) is 5.83. The molecule has 140 valence electrons. The van der Waals surface area contributed by atoms with E-state index in [2.05, 4.69) is 15.3 Å². The van der Waals surface area contributed by atoms with Crippen molar-refractivity contribution in [3.8, 4) is 11.5 Å². The Kier molecular flexibility index (Phi) is 7.20. The minimum absolute atomic E-state index is 0.0492. The highest BCUT2D eigenvalue weighted by Crippen LogP contribution is 2.27. The van der Waals surface area contributed by atoms with Crippen molar-refractivity contribution in [3.63, 3.8) is 0 Å². The lowest BCUT2D eigenvalue weighted by Crippen LogP contribution is -2.30. The number of nitrogens with zero attached hydrogens (tertiary/aromatic N) is 3. The number of aromatic nitrogens is 2. The van der Waals surface area contributed by atoms with Crippen molar-refractivity contribution in [3.05, 3.63) is 41.7 Å². The van der Waals surface area contributed by atoms with Gasteiger partial charge in [0, 0.05) is 32.0 Å². The Balaban J connectivity index is 1.91. The summed E-state index contributed by atoms with van der Waals surface area (Å²) in [6.07, 6.45) is 3.91. The lowest BCUT2D eigenvalue weighted by atomic mass is 10.1. The van der Waals surface area contributed by atoms with Crippen LogP contribution < -0.4 is 14.8 Å². The van der Waals surface area contributed by atoms with E-state index in [0.29, 0.717) is 42.6 Å². The molecule has 0 aliphatic carbocycles. The SMILES string of the molecule is CCN(CC)C(=O)c1cnc(NCCc2ccc(OC)c(OC)c2)nc1. The van der Waals surface area contributed by atoms with Crippen LogP contribution in [0.15, 0.2) is 30.6 Å². The monoisotopic (exact) mass is 358 g/mol. The van der Waals surface area contributed by atoms with Crippen LogP contribution in [0.25, 0.3) is 0 Å². The van der Waals surface area contributed by atoms with Crippen LogP contribution in [0, 0.1) is 0 Å².